The van der Waals surface area contributed by atoms with Gasteiger partial charge in [-0.15, -0.1) is 0 Å². The van der Waals surface area contributed by atoms with Crippen LogP contribution in [0.4, 0.5) is 13.2 Å². The van der Waals surface area contributed by atoms with E-state index in [1.807, 2.05) is 0 Å². The van der Waals surface area contributed by atoms with Gasteiger partial charge in [0.25, 0.3) is 0 Å². The first-order chi connectivity index (χ1) is 5.55. The number of alkyl halides is 3. The smallest absolute Gasteiger partial charge is 0.325 e. The molecule has 0 bridgehead atoms. The average Bonchev–Trinajstić information content (AvgIpc) is 2.03. The molecule has 0 amide bonds. The minimum Gasteiger partial charge on any atom is -0.325 e. The van der Waals surface area contributed by atoms with Gasteiger partial charge >= 0.3 is 6.18 Å². The fourth-order valence-electron chi connectivity index (χ4n) is 0.859. The maximum atomic E-state index is 12.1. The third kappa shape index (κ3) is 1.73. The maximum Gasteiger partial charge on any atom is 0.418 e. The van der Waals surface area contributed by atoms with E-state index in [9.17, 15) is 13.2 Å². The van der Waals surface area contributed by atoms with Crippen LogP contribution in [0.1, 0.15) is 11.3 Å². The lowest BCUT2D eigenvalue weighted by Gasteiger charge is -2.09. The molecule has 1 rings (SSSR count). The largest absolute Gasteiger partial charge is 0.418 e. The molecule has 0 unspecified atom stereocenters. The molecular formula is C7H7F3N2. The van der Waals surface area contributed by atoms with Crippen LogP contribution < -0.4 is 5.73 Å². The van der Waals surface area contributed by atoms with Crippen molar-refractivity contribution < 1.29 is 13.2 Å². The van der Waals surface area contributed by atoms with Crippen LogP contribution >= 0.6 is 0 Å². The lowest BCUT2D eigenvalue weighted by molar-refractivity contribution is -0.138. The lowest BCUT2D eigenvalue weighted by Crippen LogP contribution is -2.13. The Labute approximate surface area is 67.2 Å². The summed E-state index contributed by atoms with van der Waals surface area (Å²) in [6.45, 7) is -0.199. The summed E-state index contributed by atoms with van der Waals surface area (Å²) in [5.41, 5.74) is 4.21. The molecule has 0 radical (unpaired) electrons. The van der Waals surface area contributed by atoms with Gasteiger partial charge in [-0.3, -0.25) is 4.98 Å². The van der Waals surface area contributed by atoms with Crippen molar-refractivity contribution in [2.24, 2.45) is 5.73 Å². The van der Waals surface area contributed by atoms with Crippen molar-refractivity contribution in [3.8, 4) is 0 Å². The fourth-order valence-corrected chi connectivity index (χ4v) is 0.859. The van der Waals surface area contributed by atoms with Crippen molar-refractivity contribution in [2.45, 2.75) is 12.7 Å². The van der Waals surface area contributed by atoms with Crippen molar-refractivity contribution in [3.63, 3.8) is 0 Å². The zero-order valence-corrected chi connectivity index (χ0v) is 6.10. The number of rotatable bonds is 1. The van der Waals surface area contributed by atoms with Crippen LogP contribution in [-0.4, -0.2) is 4.98 Å². The molecule has 0 aliphatic heterocycles. The summed E-state index contributed by atoms with van der Waals surface area (Å²) in [6, 6.07) is 2.21. The van der Waals surface area contributed by atoms with Crippen LogP contribution in [0.3, 0.4) is 0 Å². The van der Waals surface area contributed by atoms with E-state index in [0.717, 1.165) is 6.07 Å². The Kier molecular flexibility index (Phi) is 2.32. The van der Waals surface area contributed by atoms with E-state index < -0.39 is 11.7 Å². The van der Waals surface area contributed by atoms with Crippen LogP contribution in [0.5, 0.6) is 0 Å². The summed E-state index contributed by atoms with van der Waals surface area (Å²) in [7, 11) is 0. The highest BCUT2D eigenvalue weighted by Crippen LogP contribution is 2.30. The van der Waals surface area contributed by atoms with Gasteiger partial charge in [-0.2, -0.15) is 13.2 Å². The SMILES string of the molecule is NCc1ncccc1C(F)(F)F. The first kappa shape index (κ1) is 8.99. The van der Waals surface area contributed by atoms with E-state index in [0.29, 0.717) is 0 Å². The minimum atomic E-state index is -4.36. The average molecular weight is 176 g/mol. The summed E-state index contributed by atoms with van der Waals surface area (Å²) < 4.78 is 36.4. The number of pyridine rings is 1. The van der Waals surface area contributed by atoms with Gasteiger partial charge in [0.05, 0.1) is 11.3 Å². The molecule has 0 saturated heterocycles. The summed E-state index contributed by atoms with van der Waals surface area (Å²) in [5.74, 6) is 0. The van der Waals surface area contributed by atoms with Gasteiger partial charge in [0.15, 0.2) is 0 Å². The quantitative estimate of drug-likeness (QED) is 0.705. The normalized spacial score (nSPS) is 11.7. The molecule has 5 heteroatoms. The Morgan fingerprint density at radius 3 is 2.50 bits per heavy atom. The highest BCUT2D eigenvalue weighted by Gasteiger charge is 2.33. The molecule has 1 aromatic heterocycles. The molecule has 12 heavy (non-hydrogen) atoms. The number of hydrogen-bond acceptors (Lipinski definition) is 2. The summed E-state index contributed by atoms with van der Waals surface area (Å²) in [5, 5.41) is 0. The van der Waals surface area contributed by atoms with Gasteiger partial charge in [0, 0.05) is 12.7 Å². The number of nitrogens with two attached hydrogens (primary N) is 1. The fraction of sp³-hybridized carbons (Fsp3) is 0.286. The summed E-state index contributed by atoms with van der Waals surface area (Å²) in [4.78, 5) is 3.52. The van der Waals surface area contributed by atoms with Crippen LogP contribution in [-0.2, 0) is 12.7 Å². The molecule has 0 fully saturated rings. The predicted molar refractivity (Wildman–Crippen MR) is 37.1 cm³/mol. The molecule has 0 aliphatic rings. The minimum absolute atomic E-state index is 0.120. The van der Waals surface area contributed by atoms with Gasteiger partial charge in [-0.05, 0) is 12.1 Å². The zero-order valence-electron chi connectivity index (χ0n) is 6.10. The molecule has 1 aromatic rings. The molecule has 1 heterocycles. The van der Waals surface area contributed by atoms with Crippen molar-refractivity contribution >= 4 is 0 Å². The first-order valence-corrected chi connectivity index (χ1v) is 3.27. The van der Waals surface area contributed by atoms with E-state index >= 15 is 0 Å². The van der Waals surface area contributed by atoms with E-state index in [-0.39, 0.29) is 12.2 Å². The van der Waals surface area contributed by atoms with Crippen molar-refractivity contribution in [3.05, 3.63) is 29.6 Å². The van der Waals surface area contributed by atoms with Crippen LogP contribution in [0.25, 0.3) is 0 Å². The van der Waals surface area contributed by atoms with Crippen molar-refractivity contribution in [1.82, 2.24) is 4.98 Å². The predicted octanol–water partition coefficient (Wildman–Crippen LogP) is 1.56. The van der Waals surface area contributed by atoms with Crippen LogP contribution in [0, 0.1) is 0 Å². The molecule has 2 nitrogen and oxygen atoms in total. The lowest BCUT2D eigenvalue weighted by atomic mass is 10.2. The third-order valence-electron chi connectivity index (χ3n) is 1.39. The molecular weight excluding hydrogens is 169 g/mol. The zero-order chi connectivity index (χ0) is 9.19. The number of halogens is 3. The summed E-state index contributed by atoms with van der Waals surface area (Å²) >= 11 is 0. The van der Waals surface area contributed by atoms with Crippen molar-refractivity contribution in [1.29, 1.82) is 0 Å². The monoisotopic (exact) mass is 176 g/mol. The van der Waals surface area contributed by atoms with Gasteiger partial charge in [0.2, 0.25) is 0 Å². The topological polar surface area (TPSA) is 38.9 Å². The standard InChI is InChI=1S/C7H7F3N2/c8-7(9,10)5-2-1-3-12-6(5)4-11/h1-3H,4,11H2. The van der Waals surface area contributed by atoms with Gasteiger partial charge < -0.3 is 5.73 Å². The Bertz CT molecular complexity index is 270. The Morgan fingerprint density at radius 1 is 1.42 bits per heavy atom. The van der Waals surface area contributed by atoms with Gasteiger partial charge in [-0.25, -0.2) is 0 Å². The molecule has 0 aliphatic carbocycles. The number of nitrogens with zero attached hydrogens (tertiary/aromatic N) is 1. The molecule has 0 atom stereocenters. The Hall–Kier alpha value is -1.10. The highest BCUT2D eigenvalue weighted by molar-refractivity contribution is 5.22. The molecule has 0 spiro atoms. The van der Waals surface area contributed by atoms with Crippen LogP contribution in [0.2, 0.25) is 0 Å². The number of hydrogen-bond donors (Lipinski definition) is 1. The molecule has 0 saturated carbocycles. The van der Waals surface area contributed by atoms with E-state index in [1.165, 1.54) is 12.3 Å². The second-order valence-electron chi connectivity index (χ2n) is 2.20. The van der Waals surface area contributed by atoms with E-state index in [2.05, 4.69) is 4.98 Å². The van der Waals surface area contributed by atoms with Crippen molar-refractivity contribution in [2.75, 3.05) is 0 Å². The second-order valence-corrected chi connectivity index (χ2v) is 2.20. The molecule has 66 valence electrons. The van der Waals surface area contributed by atoms with Gasteiger partial charge in [0.1, 0.15) is 0 Å². The van der Waals surface area contributed by atoms with Crippen LogP contribution in [0.15, 0.2) is 18.3 Å². The van der Waals surface area contributed by atoms with E-state index in [4.69, 9.17) is 5.73 Å². The third-order valence-corrected chi connectivity index (χ3v) is 1.39. The molecule has 0 aromatic carbocycles. The second kappa shape index (κ2) is 3.10. The highest BCUT2D eigenvalue weighted by atomic mass is 19.4. The van der Waals surface area contributed by atoms with E-state index in [1.54, 1.807) is 0 Å². The number of aromatic nitrogens is 1. The van der Waals surface area contributed by atoms with Gasteiger partial charge in [-0.1, -0.05) is 0 Å². The first-order valence-electron chi connectivity index (χ1n) is 3.27. The summed E-state index contributed by atoms with van der Waals surface area (Å²) in [6.07, 6.45) is -3.07. The maximum absolute atomic E-state index is 12.1. The molecule has 2 N–H and O–H groups in total. The Balaban J connectivity index is 3.14. The Morgan fingerprint density at radius 2 is 2.08 bits per heavy atom.